The van der Waals surface area contributed by atoms with Crippen molar-refractivity contribution in [3.63, 3.8) is 0 Å². The van der Waals surface area contributed by atoms with Crippen LogP contribution < -0.4 is 5.73 Å². The van der Waals surface area contributed by atoms with Crippen LogP contribution in [0.1, 0.15) is 24.3 Å². The van der Waals surface area contributed by atoms with Crippen LogP contribution in [0.2, 0.25) is 0 Å². The van der Waals surface area contributed by atoms with E-state index in [4.69, 9.17) is 5.73 Å². The average molecular weight is 226 g/mol. The zero-order chi connectivity index (χ0) is 11.4. The van der Waals surface area contributed by atoms with Crippen molar-refractivity contribution >= 4 is 17.2 Å². The van der Waals surface area contributed by atoms with Gasteiger partial charge in [0.25, 0.3) is 0 Å². The van der Waals surface area contributed by atoms with Crippen molar-refractivity contribution in [2.45, 2.75) is 33.4 Å². The largest absolute Gasteiger partial charge is 0.369 e. The number of hydrogen-bond acceptors (Lipinski definition) is 3. The summed E-state index contributed by atoms with van der Waals surface area (Å²) in [7, 11) is 0. The van der Waals surface area contributed by atoms with Gasteiger partial charge in [-0.25, -0.2) is 0 Å². The van der Waals surface area contributed by atoms with Gasteiger partial charge in [0.15, 0.2) is 0 Å². The number of primary amides is 1. The molecule has 4 heteroatoms. The fraction of sp³-hybridized carbons (Fsp3) is 0.545. The summed E-state index contributed by atoms with van der Waals surface area (Å²) in [5, 5.41) is 2.08. The highest BCUT2D eigenvalue weighted by molar-refractivity contribution is 7.10. The standard InChI is InChI=1S/C11H18N2OS/c1-8(2)13(7-11(12)14)6-10-9(3)4-5-15-10/h4-5,8H,6-7H2,1-3H3,(H2,12,14). The highest BCUT2D eigenvalue weighted by Gasteiger charge is 2.14. The molecule has 0 aliphatic rings. The molecule has 0 spiro atoms. The molecule has 0 aromatic carbocycles. The van der Waals surface area contributed by atoms with E-state index < -0.39 is 0 Å². The predicted molar refractivity (Wildman–Crippen MR) is 63.8 cm³/mol. The smallest absolute Gasteiger partial charge is 0.231 e. The van der Waals surface area contributed by atoms with Crippen LogP contribution in [0, 0.1) is 6.92 Å². The Morgan fingerprint density at radius 3 is 2.67 bits per heavy atom. The Labute approximate surface area is 94.9 Å². The lowest BCUT2D eigenvalue weighted by Crippen LogP contribution is -2.37. The zero-order valence-corrected chi connectivity index (χ0v) is 10.3. The fourth-order valence-electron chi connectivity index (χ4n) is 1.37. The van der Waals surface area contributed by atoms with E-state index in [1.54, 1.807) is 11.3 Å². The lowest BCUT2D eigenvalue weighted by Gasteiger charge is -2.24. The lowest BCUT2D eigenvalue weighted by atomic mass is 10.2. The van der Waals surface area contributed by atoms with Gasteiger partial charge < -0.3 is 5.73 Å². The third kappa shape index (κ3) is 3.64. The van der Waals surface area contributed by atoms with E-state index in [1.165, 1.54) is 10.4 Å². The first-order chi connectivity index (χ1) is 7.00. The number of rotatable bonds is 5. The molecular weight excluding hydrogens is 208 g/mol. The van der Waals surface area contributed by atoms with E-state index in [0.29, 0.717) is 12.6 Å². The van der Waals surface area contributed by atoms with Gasteiger partial charge in [0, 0.05) is 17.5 Å². The topological polar surface area (TPSA) is 46.3 Å². The number of carbonyl (C=O) groups excluding carboxylic acids is 1. The first-order valence-electron chi connectivity index (χ1n) is 5.06. The number of amides is 1. The predicted octanol–water partition coefficient (Wildman–Crippen LogP) is 1.75. The summed E-state index contributed by atoms with van der Waals surface area (Å²) in [6, 6.07) is 2.43. The summed E-state index contributed by atoms with van der Waals surface area (Å²) in [4.78, 5) is 14.3. The highest BCUT2D eigenvalue weighted by Crippen LogP contribution is 2.18. The number of carbonyl (C=O) groups is 1. The summed E-state index contributed by atoms with van der Waals surface area (Å²) in [5.74, 6) is -0.266. The molecule has 1 aromatic heterocycles. The molecular formula is C11H18N2OS. The van der Waals surface area contributed by atoms with Crippen molar-refractivity contribution in [2.75, 3.05) is 6.54 Å². The Kier molecular flexibility index (Phi) is 4.29. The normalized spacial score (nSPS) is 11.3. The molecule has 1 heterocycles. The van der Waals surface area contributed by atoms with Gasteiger partial charge in [-0.3, -0.25) is 9.69 Å². The summed E-state index contributed by atoms with van der Waals surface area (Å²) in [6.45, 7) is 7.38. The van der Waals surface area contributed by atoms with Crippen molar-refractivity contribution in [1.29, 1.82) is 0 Å². The Bertz CT molecular complexity index is 333. The first kappa shape index (κ1) is 12.2. The molecule has 1 aromatic rings. The van der Waals surface area contributed by atoms with Gasteiger partial charge >= 0.3 is 0 Å². The molecule has 0 aliphatic heterocycles. The van der Waals surface area contributed by atoms with Gasteiger partial charge in [0.2, 0.25) is 5.91 Å². The number of thiophene rings is 1. The molecule has 0 unspecified atom stereocenters. The van der Waals surface area contributed by atoms with Crippen LogP contribution >= 0.6 is 11.3 Å². The van der Waals surface area contributed by atoms with Crippen molar-refractivity contribution in [1.82, 2.24) is 4.90 Å². The second-order valence-corrected chi connectivity index (χ2v) is 4.99. The second kappa shape index (κ2) is 5.28. The van der Waals surface area contributed by atoms with E-state index in [1.807, 2.05) is 0 Å². The van der Waals surface area contributed by atoms with Gasteiger partial charge in [-0.1, -0.05) is 0 Å². The molecule has 1 rings (SSSR count). The molecule has 0 fully saturated rings. The summed E-state index contributed by atoms with van der Waals surface area (Å²) >= 11 is 1.73. The molecule has 0 saturated carbocycles. The van der Waals surface area contributed by atoms with Crippen molar-refractivity contribution < 1.29 is 4.79 Å². The molecule has 3 nitrogen and oxygen atoms in total. The van der Waals surface area contributed by atoms with E-state index in [2.05, 4.69) is 37.1 Å². The molecule has 0 radical (unpaired) electrons. The Morgan fingerprint density at radius 2 is 2.27 bits per heavy atom. The SMILES string of the molecule is Cc1ccsc1CN(CC(N)=O)C(C)C. The summed E-state index contributed by atoms with van der Waals surface area (Å²) in [6.07, 6.45) is 0. The van der Waals surface area contributed by atoms with Crippen molar-refractivity contribution in [3.05, 3.63) is 21.9 Å². The highest BCUT2D eigenvalue weighted by atomic mass is 32.1. The Morgan fingerprint density at radius 1 is 1.60 bits per heavy atom. The fourth-order valence-corrected chi connectivity index (χ4v) is 2.30. The molecule has 15 heavy (non-hydrogen) atoms. The molecule has 2 N–H and O–H groups in total. The number of hydrogen-bond donors (Lipinski definition) is 1. The molecule has 0 saturated heterocycles. The maximum Gasteiger partial charge on any atom is 0.231 e. The molecule has 84 valence electrons. The maximum absolute atomic E-state index is 10.9. The van der Waals surface area contributed by atoms with E-state index in [9.17, 15) is 4.79 Å². The van der Waals surface area contributed by atoms with Crippen LogP contribution in [-0.4, -0.2) is 23.4 Å². The monoisotopic (exact) mass is 226 g/mol. The number of nitrogens with two attached hydrogens (primary N) is 1. The maximum atomic E-state index is 10.9. The quantitative estimate of drug-likeness (QED) is 0.831. The van der Waals surface area contributed by atoms with Crippen molar-refractivity contribution in [2.24, 2.45) is 5.73 Å². The van der Waals surface area contributed by atoms with E-state index in [0.717, 1.165) is 6.54 Å². The minimum absolute atomic E-state index is 0.266. The van der Waals surface area contributed by atoms with Crippen molar-refractivity contribution in [3.8, 4) is 0 Å². The average Bonchev–Trinajstić information content (AvgIpc) is 2.50. The van der Waals surface area contributed by atoms with Crippen LogP contribution in [0.4, 0.5) is 0 Å². The van der Waals surface area contributed by atoms with E-state index >= 15 is 0 Å². The molecule has 0 aliphatic carbocycles. The Balaban J connectivity index is 2.67. The second-order valence-electron chi connectivity index (χ2n) is 3.99. The Hall–Kier alpha value is -0.870. The summed E-state index contributed by atoms with van der Waals surface area (Å²) in [5.41, 5.74) is 6.51. The minimum atomic E-state index is -0.266. The van der Waals surface area contributed by atoms with Gasteiger partial charge in [0.05, 0.1) is 6.54 Å². The van der Waals surface area contributed by atoms with Gasteiger partial charge in [-0.15, -0.1) is 11.3 Å². The van der Waals surface area contributed by atoms with Crippen LogP contribution in [0.3, 0.4) is 0 Å². The molecule has 0 atom stereocenters. The van der Waals surface area contributed by atoms with Crippen LogP contribution in [0.5, 0.6) is 0 Å². The van der Waals surface area contributed by atoms with Gasteiger partial charge in [0.1, 0.15) is 0 Å². The molecule has 1 amide bonds. The van der Waals surface area contributed by atoms with Gasteiger partial charge in [-0.05, 0) is 37.8 Å². The van der Waals surface area contributed by atoms with Crippen LogP contribution in [0.15, 0.2) is 11.4 Å². The number of aryl methyl sites for hydroxylation is 1. The van der Waals surface area contributed by atoms with Gasteiger partial charge in [-0.2, -0.15) is 0 Å². The minimum Gasteiger partial charge on any atom is -0.369 e. The first-order valence-corrected chi connectivity index (χ1v) is 5.94. The molecule has 0 bridgehead atoms. The lowest BCUT2D eigenvalue weighted by molar-refractivity contribution is -0.119. The van der Waals surface area contributed by atoms with E-state index in [-0.39, 0.29) is 5.91 Å². The van der Waals surface area contributed by atoms with Crippen LogP contribution in [0.25, 0.3) is 0 Å². The summed E-state index contributed by atoms with van der Waals surface area (Å²) < 4.78 is 0. The zero-order valence-electron chi connectivity index (χ0n) is 9.49. The van der Waals surface area contributed by atoms with Crippen LogP contribution in [-0.2, 0) is 11.3 Å². The third-order valence-corrected chi connectivity index (χ3v) is 3.41. The third-order valence-electron chi connectivity index (χ3n) is 2.40. The number of nitrogens with zero attached hydrogens (tertiary/aromatic N) is 1.